The Bertz CT molecular complexity index is 1060. The van der Waals surface area contributed by atoms with E-state index in [-0.39, 0.29) is 4.90 Å². The van der Waals surface area contributed by atoms with Gasteiger partial charge in [-0.25, -0.2) is 8.42 Å². The molecule has 1 aromatic heterocycles. The molecule has 0 aliphatic heterocycles. The van der Waals surface area contributed by atoms with Gasteiger partial charge in [-0.2, -0.15) is 0 Å². The molecule has 3 rings (SSSR count). The molecule has 0 aliphatic carbocycles. The number of carbonyl (C=O) groups excluding carboxylic acids is 1. The Labute approximate surface area is 175 Å². The molecule has 7 nitrogen and oxygen atoms in total. The molecule has 0 bridgehead atoms. The molecule has 28 heavy (non-hydrogen) atoms. The van der Waals surface area contributed by atoms with Gasteiger partial charge < -0.3 is 0 Å². The van der Waals surface area contributed by atoms with Crippen LogP contribution in [0, 0.1) is 0 Å². The standard InChI is InChI=1S/C17H15ClN4O3S3/c1-26-17-21-20-16(27-17)19-15(23)11-22(13-5-3-2-4-6-13)28(24,25)14-9-7-12(18)8-10-14/h2-10H,11H2,1H3,(H,19,20,23). The second-order valence-corrected chi connectivity index (χ2v) is 9.76. The predicted octanol–water partition coefficient (Wildman–Crippen LogP) is 3.75. The van der Waals surface area contributed by atoms with Gasteiger partial charge in [0.1, 0.15) is 6.54 Å². The fourth-order valence-corrected chi connectivity index (χ4v) is 5.01. The maximum absolute atomic E-state index is 13.2. The molecular weight excluding hydrogens is 440 g/mol. The van der Waals surface area contributed by atoms with Crippen LogP contribution < -0.4 is 9.62 Å². The zero-order valence-electron chi connectivity index (χ0n) is 14.6. The van der Waals surface area contributed by atoms with E-state index in [0.29, 0.717) is 20.2 Å². The third kappa shape index (κ3) is 4.82. The number of aromatic nitrogens is 2. The van der Waals surface area contributed by atoms with E-state index in [1.54, 1.807) is 30.3 Å². The van der Waals surface area contributed by atoms with Crippen molar-refractivity contribution in [2.75, 3.05) is 22.4 Å². The normalized spacial score (nSPS) is 11.2. The quantitative estimate of drug-likeness (QED) is 0.431. The first-order valence-electron chi connectivity index (χ1n) is 7.91. The van der Waals surface area contributed by atoms with E-state index >= 15 is 0 Å². The Hall–Kier alpha value is -2.14. The van der Waals surface area contributed by atoms with Gasteiger partial charge in [-0.05, 0) is 42.7 Å². The molecule has 1 N–H and O–H groups in total. The number of benzene rings is 2. The first kappa shape index (κ1) is 20.6. The molecule has 1 heterocycles. The number of thioether (sulfide) groups is 1. The molecule has 0 spiro atoms. The molecule has 3 aromatic rings. The van der Waals surface area contributed by atoms with Crippen molar-refractivity contribution >= 4 is 61.4 Å². The van der Waals surface area contributed by atoms with E-state index in [1.165, 1.54) is 47.4 Å². The van der Waals surface area contributed by atoms with Gasteiger partial charge >= 0.3 is 0 Å². The largest absolute Gasteiger partial charge is 0.299 e. The van der Waals surface area contributed by atoms with Crippen LogP contribution in [0.25, 0.3) is 0 Å². The second kappa shape index (κ2) is 8.91. The minimum atomic E-state index is -3.98. The molecule has 11 heteroatoms. The highest BCUT2D eigenvalue weighted by Crippen LogP contribution is 2.26. The zero-order valence-corrected chi connectivity index (χ0v) is 17.8. The van der Waals surface area contributed by atoms with E-state index in [0.717, 1.165) is 4.31 Å². The van der Waals surface area contributed by atoms with Crippen molar-refractivity contribution in [2.45, 2.75) is 9.24 Å². The summed E-state index contributed by atoms with van der Waals surface area (Å²) in [4.78, 5) is 12.6. The highest BCUT2D eigenvalue weighted by molar-refractivity contribution is 8.00. The zero-order chi connectivity index (χ0) is 20.1. The highest BCUT2D eigenvalue weighted by atomic mass is 35.5. The number of halogens is 1. The summed E-state index contributed by atoms with van der Waals surface area (Å²) in [5.74, 6) is -0.523. The number of hydrogen-bond donors (Lipinski definition) is 1. The number of hydrogen-bond acceptors (Lipinski definition) is 7. The summed E-state index contributed by atoms with van der Waals surface area (Å²) < 4.78 is 28.1. The minimum Gasteiger partial charge on any atom is -0.299 e. The lowest BCUT2D eigenvalue weighted by Crippen LogP contribution is -2.38. The highest BCUT2D eigenvalue weighted by Gasteiger charge is 2.27. The van der Waals surface area contributed by atoms with Crippen LogP contribution in [0.3, 0.4) is 0 Å². The summed E-state index contributed by atoms with van der Waals surface area (Å²) in [6, 6.07) is 14.2. The Kier molecular flexibility index (Phi) is 6.55. The van der Waals surface area contributed by atoms with Gasteiger partial charge in [0, 0.05) is 5.02 Å². The van der Waals surface area contributed by atoms with Gasteiger partial charge in [-0.1, -0.05) is 52.9 Å². The van der Waals surface area contributed by atoms with Crippen molar-refractivity contribution in [1.29, 1.82) is 0 Å². The topological polar surface area (TPSA) is 92.3 Å². The van der Waals surface area contributed by atoms with Crippen molar-refractivity contribution in [2.24, 2.45) is 0 Å². The molecule has 0 fully saturated rings. The summed E-state index contributed by atoms with van der Waals surface area (Å²) >= 11 is 8.48. The van der Waals surface area contributed by atoms with Crippen LogP contribution in [-0.2, 0) is 14.8 Å². The SMILES string of the molecule is CSc1nnc(NC(=O)CN(c2ccccc2)S(=O)(=O)c2ccc(Cl)cc2)s1. The molecule has 0 unspecified atom stereocenters. The van der Waals surface area contributed by atoms with Crippen LogP contribution in [0.4, 0.5) is 10.8 Å². The number of para-hydroxylation sites is 1. The molecule has 0 saturated carbocycles. The van der Waals surface area contributed by atoms with Gasteiger partial charge in [-0.3, -0.25) is 14.4 Å². The van der Waals surface area contributed by atoms with E-state index in [1.807, 2.05) is 6.26 Å². The van der Waals surface area contributed by atoms with Gasteiger partial charge in [-0.15, -0.1) is 10.2 Å². The fourth-order valence-electron chi connectivity index (χ4n) is 2.28. The van der Waals surface area contributed by atoms with Crippen LogP contribution in [0.5, 0.6) is 0 Å². The molecule has 1 amide bonds. The molecular formula is C17H15ClN4O3S3. The second-order valence-electron chi connectivity index (χ2n) is 5.43. The molecule has 146 valence electrons. The number of nitrogens with one attached hydrogen (secondary N) is 1. The molecule has 0 radical (unpaired) electrons. The minimum absolute atomic E-state index is 0.0362. The lowest BCUT2D eigenvalue weighted by Gasteiger charge is -2.23. The summed E-state index contributed by atoms with van der Waals surface area (Å²) in [7, 11) is -3.98. The first-order chi connectivity index (χ1) is 13.4. The number of rotatable bonds is 7. The number of anilines is 2. The monoisotopic (exact) mass is 454 g/mol. The van der Waals surface area contributed by atoms with Crippen molar-refractivity contribution in [3.8, 4) is 0 Å². The summed E-state index contributed by atoms with van der Waals surface area (Å²) in [5.41, 5.74) is 0.370. The third-order valence-corrected chi connectivity index (χ3v) is 7.41. The molecule has 2 aromatic carbocycles. The van der Waals surface area contributed by atoms with Crippen molar-refractivity contribution in [1.82, 2.24) is 10.2 Å². The van der Waals surface area contributed by atoms with Gasteiger partial charge in [0.2, 0.25) is 11.0 Å². The van der Waals surface area contributed by atoms with Gasteiger partial charge in [0.25, 0.3) is 10.0 Å². The van der Waals surface area contributed by atoms with Crippen LogP contribution in [0.2, 0.25) is 5.02 Å². The lowest BCUT2D eigenvalue weighted by atomic mass is 10.3. The van der Waals surface area contributed by atoms with E-state index in [4.69, 9.17) is 11.6 Å². The Morgan fingerprint density at radius 3 is 2.43 bits per heavy atom. The smallest absolute Gasteiger partial charge is 0.264 e. The van der Waals surface area contributed by atoms with Crippen LogP contribution in [0.15, 0.2) is 63.8 Å². The average molecular weight is 455 g/mol. The average Bonchev–Trinajstić information content (AvgIpc) is 3.14. The van der Waals surface area contributed by atoms with Crippen LogP contribution in [0.1, 0.15) is 0 Å². The van der Waals surface area contributed by atoms with Gasteiger partial charge in [0.05, 0.1) is 10.6 Å². The van der Waals surface area contributed by atoms with E-state index in [9.17, 15) is 13.2 Å². The van der Waals surface area contributed by atoms with Crippen molar-refractivity contribution < 1.29 is 13.2 Å². The molecule has 0 saturated heterocycles. The maximum Gasteiger partial charge on any atom is 0.264 e. The maximum atomic E-state index is 13.2. The van der Waals surface area contributed by atoms with Gasteiger partial charge in [0.15, 0.2) is 4.34 Å². The summed E-state index contributed by atoms with van der Waals surface area (Å²) in [6.07, 6.45) is 1.85. The van der Waals surface area contributed by atoms with Crippen LogP contribution in [-0.4, -0.2) is 37.3 Å². The van der Waals surface area contributed by atoms with E-state index in [2.05, 4.69) is 15.5 Å². The third-order valence-electron chi connectivity index (χ3n) is 3.56. The van der Waals surface area contributed by atoms with Crippen molar-refractivity contribution in [3.63, 3.8) is 0 Å². The van der Waals surface area contributed by atoms with Crippen molar-refractivity contribution in [3.05, 3.63) is 59.6 Å². The number of nitrogens with zero attached hydrogens (tertiary/aromatic N) is 3. The van der Waals surface area contributed by atoms with E-state index < -0.39 is 22.5 Å². The molecule has 0 atom stereocenters. The fraction of sp³-hybridized carbons (Fsp3) is 0.118. The Balaban J connectivity index is 1.89. The van der Waals surface area contributed by atoms with Crippen LogP contribution >= 0.6 is 34.7 Å². The molecule has 0 aliphatic rings. The predicted molar refractivity (Wildman–Crippen MR) is 113 cm³/mol. The number of amides is 1. The number of carbonyl (C=O) groups is 1. The Morgan fingerprint density at radius 1 is 1.14 bits per heavy atom. The Morgan fingerprint density at radius 2 is 1.82 bits per heavy atom. The number of sulfonamides is 1. The summed E-state index contributed by atoms with van der Waals surface area (Å²) in [6.45, 7) is -0.414. The summed E-state index contributed by atoms with van der Waals surface area (Å²) in [5, 5.41) is 11.1. The first-order valence-corrected chi connectivity index (χ1v) is 11.8. The lowest BCUT2D eigenvalue weighted by molar-refractivity contribution is -0.114.